The minimum absolute atomic E-state index is 0.00627. The summed E-state index contributed by atoms with van der Waals surface area (Å²) in [5.41, 5.74) is 9.54. The molecule has 1 fully saturated rings. The Bertz CT molecular complexity index is 1610. The van der Waals surface area contributed by atoms with E-state index in [1.807, 2.05) is 6.07 Å². The zero-order valence-corrected chi connectivity index (χ0v) is 24.8. The summed E-state index contributed by atoms with van der Waals surface area (Å²) in [5, 5.41) is 4.05. The van der Waals surface area contributed by atoms with Crippen LogP contribution in [0, 0.1) is 12.3 Å². The van der Waals surface area contributed by atoms with Crippen molar-refractivity contribution in [3.8, 4) is 11.3 Å². The number of rotatable bonds is 6. The highest BCUT2D eigenvalue weighted by Gasteiger charge is 2.59. The van der Waals surface area contributed by atoms with Crippen molar-refractivity contribution in [2.45, 2.75) is 38.6 Å². The van der Waals surface area contributed by atoms with Crippen molar-refractivity contribution in [2.24, 2.45) is 11.1 Å². The molecule has 1 saturated heterocycles. The topological polar surface area (TPSA) is 136 Å². The maximum absolute atomic E-state index is 13.5. The molecule has 5 rings (SSSR count). The van der Waals surface area contributed by atoms with E-state index in [9.17, 15) is 13.2 Å². The van der Waals surface area contributed by atoms with Crippen LogP contribution in [0.4, 0.5) is 5.69 Å². The first-order chi connectivity index (χ1) is 18.9. The van der Waals surface area contributed by atoms with E-state index in [4.69, 9.17) is 43.6 Å². The summed E-state index contributed by atoms with van der Waals surface area (Å²) >= 11 is 12.8. The van der Waals surface area contributed by atoms with Crippen molar-refractivity contribution < 1.29 is 17.9 Å². The van der Waals surface area contributed by atoms with E-state index in [2.05, 4.69) is 10.0 Å². The van der Waals surface area contributed by atoms with Gasteiger partial charge in [0, 0.05) is 16.7 Å². The Kier molecular flexibility index (Phi) is 7.60. The smallest absolute Gasteiger partial charge is 0.358 e. The number of hydrogen-bond donors (Lipinski definition) is 3. The third-order valence-corrected chi connectivity index (χ3v) is 9.31. The Morgan fingerprint density at radius 1 is 1.18 bits per heavy atom. The SMILES string of the molecule is CCOC(=O)c1nc(-c2cccc(Cl)c2Cl)c(C)nc1[C@@]1(N)c2cc(NS(C)(=O)=O)ccc2CC12CCNCC2. The van der Waals surface area contributed by atoms with E-state index in [0.717, 1.165) is 37.8 Å². The highest BCUT2D eigenvalue weighted by Crippen LogP contribution is 2.57. The van der Waals surface area contributed by atoms with Crippen LogP contribution < -0.4 is 15.8 Å². The van der Waals surface area contributed by atoms with Gasteiger partial charge in [-0.3, -0.25) is 9.71 Å². The molecule has 0 saturated carbocycles. The third-order valence-electron chi connectivity index (χ3n) is 7.88. The zero-order chi connectivity index (χ0) is 28.9. The Labute approximate surface area is 243 Å². The average Bonchev–Trinajstić information content (AvgIpc) is 3.13. The molecular weight excluding hydrogens is 573 g/mol. The first-order valence-corrected chi connectivity index (χ1v) is 15.7. The average molecular weight is 605 g/mol. The molecule has 0 unspecified atom stereocenters. The second kappa shape index (κ2) is 10.6. The quantitative estimate of drug-likeness (QED) is 0.352. The number of carbonyl (C=O) groups excluding carboxylic acids is 1. The summed E-state index contributed by atoms with van der Waals surface area (Å²) in [7, 11) is -3.54. The second-order valence-electron chi connectivity index (χ2n) is 10.4. The minimum Gasteiger partial charge on any atom is -0.461 e. The Morgan fingerprint density at radius 3 is 2.58 bits per heavy atom. The molecule has 3 aromatic rings. The highest BCUT2D eigenvalue weighted by atomic mass is 35.5. The molecule has 4 N–H and O–H groups in total. The lowest BCUT2D eigenvalue weighted by Gasteiger charge is -2.46. The van der Waals surface area contributed by atoms with Crippen LogP contribution in [-0.2, 0) is 26.7 Å². The molecular formula is C28H31Cl2N5O4S. The minimum atomic E-state index is -3.54. The van der Waals surface area contributed by atoms with Crippen LogP contribution in [0.15, 0.2) is 36.4 Å². The van der Waals surface area contributed by atoms with Gasteiger partial charge in [0.1, 0.15) is 0 Å². The number of nitrogens with two attached hydrogens (primary N) is 1. The summed E-state index contributed by atoms with van der Waals surface area (Å²) < 4.78 is 32.1. The van der Waals surface area contributed by atoms with E-state index in [-0.39, 0.29) is 12.3 Å². The van der Waals surface area contributed by atoms with Gasteiger partial charge in [-0.05, 0) is 75.5 Å². The van der Waals surface area contributed by atoms with Gasteiger partial charge < -0.3 is 15.8 Å². The summed E-state index contributed by atoms with van der Waals surface area (Å²) in [4.78, 5) is 23.3. The molecule has 9 nitrogen and oxygen atoms in total. The molecule has 212 valence electrons. The van der Waals surface area contributed by atoms with Gasteiger partial charge in [0.05, 0.1) is 45.5 Å². The first-order valence-electron chi connectivity index (χ1n) is 13.0. The number of nitrogens with one attached hydrogen (secondary N) is 2. The van der Waals surface area contributed by atoms with Gasteiger partial charge in [-0.25, -0.2) is 18.2 Å². The number of anilines is 1. The van der Waals surface area contributed by atoms with Crippen molar-refractivity contribution in [3.05, 3.63) is 74.7 Å². The van der Waals surface area contributed by atoms with Gasteiger partial charge in [-0.1, -0.05) is 41.4 Å². The van der Waals surface area contributed by atoms with Crippen molar-refractivity contribution >= 4 is 44.9 Å². The maximum atomic E-state index is 13.5. The summed E-state index contributed by atoms with van der Waals surface area (Å²) in [5.74, 6) is -0.655. The first kappa shape index (κ1) is 28.8. The normalized spacial score (nSPS) is 19.9. The molecule has 2 aromatic carbocycles. The van der Waals surface area contributed by atoms with Gasteiger partial charge in [-0.15, -0.1) is 0 Å². The number of nitrogens with zero attached hydrogens (tertiary/aromatic N) is 2. The number of benzene rings is 2. The Balaban J connectivity index is 1.80. The molecule has 0 radical (unpaired) electrons. The molecule has 1 spiro atoms. The largest absolute Gasteiger partial charge is 0.461 e. The van der Waals surface area contributed by atoms with Gasteiger partial charge in [0.2, 0.25) is 10.0 Å². The fourth-order valence-electron chi connectivity index (χ4n) is 6.10. The monoisotopic (exact) mass is 603 g/mol. The van der Waals surface area contributed by atoms with Crippen molar-refractivity contribution in [3.63, 3.8) is 0 Å². The summed E-state index contributed by atoms with van der Waals surface area (Å²) in [6.07, 6.45) is 3.18. The molecule has 2 aliphatic rings. The van der Waals surface area contributed by atoms with E-state index in [1.165, 1.54) is 0 Å². The molecule has 1 aromatic heterocycles. The third kappa shape index (κ3) is 4.86. The zero-order valence-electron chi connectivity index (χ0n) is 22.5. The van der Waals surface area contributed by atoms with Gasteiger partial charge in [-0.2, -0.15) is 0 Å². The number of aryl methyl sites for hydroxylation is 1. The fourth-order valence-corrected chi connectivity index (χ4v) is 7.04. The van der Waals surface area contributed by atoms with Crippen LogP contribution >= 0.6 is 23.2 Å². The number of sulfonamides is 1. The van der Waals surface area contributed by atoms with Crippen LogP contribution in [0.1, 0.15) is 52.8 Å². The van der Waals surface area contributed by atoms with E-state index in [0.29, 0.717) is 50.4 Å². The molecule has 1 aliphatic heterocycles. The lowest BCUT2D eigenvalue weighted by Crippen LogP contribution is -2.56. The number of carbonyl (C=O) groups is 1. The molecule has 0 amide bonds. The number of hydrogen-bond acceptors (Lipinski definition) is 8. The highest BCUT2D eigenvalue weighted by molar-refractivity contribution is 7.92. The number of ether oxygens (including phenoxy) is 1. The van der Waals surface area contributed by atoms with Crippen LogP contribution in [0.5, 0.6) is 0 Å². The predicted octanol–water partition coefficient (Wildman–Crippen LogP) is 4.44. The molecule has 0 bridgehead atoms. The summed E-state index contributed by atoms with van der Waals surface area (Å²) in [6.45, 7) is 5.10. The van der Waals surface area contributed by atoms with Crippen LogP contribution in [0.3, 0.4) is 0 Å². The van der Waals surface area contributed by atoms with Crippen LogP contribution in [0.25, 0.3) is 11.3 Å². The van der Waals surface area contributed by atoms with Crippen molar-refractivity contribution in [1.82, 2.24) is 15.3 Å². The molecule has 1 atom stereocenters. The van der Waals surface area contributed by atoms with Crippen molar-refractivity contribution in [2.75, 3.05) is 30.7 Å². The molecule has 40 heavy (non-hydrogen) atoms. The predicted molar refractivity (Wildman–Crippen MR) is 156 cm³/mol. The van der Waals surface area contributed by atoms with Crippen LogP contribution in [-0.4, -0.2) is 50.3 Å². The van der Waals surface area contributed by atoms with Crippen LogP contribution in [0.2, 0.25) is 10.0 Å². The maximum Gasteiger partial charge on any atom is 0.358 e. The van der Waals surface area contributed by atoms with Gasteiger partial charge >= 0.3 is 5.97 Å². The molecule has 1 aliphatic carbocycles. The number of fused-ring (bicyclic) bond motifs is 1. The van der Waals surface area contributed by atoms with E-state index >= 15 is 0 Å². The van der Waals surface area contributed by atoms with Gasteiger partial charge in [0.15, 0.2) is 5.69 Å². The number of halogens is 2. The van der Waals surface area contributed by atoms with E-state index in [1.54, 1.807) is 44.2 Å². The lowest BCUT2D eigenvalue weighted by molar-refractivity contribution is 0.0507. The second-order valence-corrected chi connectivity index (χ2v) is 13.0. The fraction of sp³-hybridized carbons (Fsp3) is 0.393. The number of piperidine rings is 1. The van der Waals surface area contributed by atoms with Gasteiger partial charge in [0.25, 0.3) is 0 Å². The summed E-state index contributed by atoms with van der Waals surface area (Å²) in [6, 6.07) is 10.6. The standard InChI is InChI=1S/C28H31Cl2N5O4S/c1-4-39-26(36)24-25(33-16(2)23(34-24)19-6-5-7-21(29)22(19)30)28(31)20-14-18(35-40(3,37)38)9-8-17(20)15-27(28)10-12-32-13-11-27/h5-9,14,32,35H,4,10-13,15,31H2,1-3H3/t28-/m0/s1. The van der Waals surface area contributed by atoms with Crippen molar-refractivity contribution in [1.29, 1.82) is 0 Å². The number of esters is 1. The number of aromatic nitrogens is 2. The van der Waals surface area contributed by atoms with E-state index < -0.39 is 26.9 Å². The Morgan fingerprint density at radius 2 is 1.90 bits per heavy atom. The lowest BCUT2D eigenvalue weighted by atomic mass is 9.63. The molecule has 2 heterocycles. The Hall–Kier alpha value is -2.76. The molecule has 12 heteroatoms.